The van der Waals surface area contributed by atoms with Crippen LogP contribution in [0.15, 0.2) is 0 Å². The fraction of sp³-hybridized carbons (Fsp3) is 1.00. The van der Waals surface area contributed by atoms with Gasteiger partial charge in [-0.1, -0.05) is 19.8 Å². The van der Waals surface area contributed by atoms with E-state index in [-0.39, 0.29) is 0 Å². The quantitative estimate of drug-likeness (QED) is 0.733. The van der Waals surface area contributed by atoms with Crippen molar-refractivity contribution in [2.24, 2.45) is 0 Å². The SMILES string of the molecule is CCCNC1CCCCC1N(C)CCN(C)C. The molecule has 0 bridgehead atoms. The van der Waals surface area contributed by atoms with Crippen LogP contribution in [0.1, 0.15) is 39.0 Å². The van der Waals surface area contributed by atoms with Crippen molar-refractivity contribution in [3.63, 3.8) is 0 Å². The molecule has 0 aliphatic heterocycles. The average Bonchev–Trinajstić information content (AvgIpc) is 2.33. The van der Waals surface area contributed by atoms with Crippen LogP contribution in [0.25, 0.3) is 0 Å². The third kappa shape index (κ3) is 5.36. The molecule has 0 amide bonds. The van der Waals surface area contributed by atoms with Crippen LogP contribution in [0, 0.1) is 0 Å². The van der Waals surface area contributed by atoms with Gasteiger partial charge in [-0.25, -0.2) is 0 Å². The number of hydrogen-bond donors (Lipinski definition) is 1. The van der Waals surface area contributed by atoms with Gasteiger partial charge in [0.25, 0.3) is 0 Å². The predicted molar refractivity (Wildman–Crippen MR) is 75.5 cm³/mol. The van der Waals surface area contributed by atoms with Gasteiger partial charge in [-0.2, -0.15) is 0 Å². The summed E-state index contributed by atoms with van der Waals surface area (Å²) >= 11 is 0. The van der Waals surface area contributed by atoms with E-state index in [2.05, 4.69) is 43.2 Å². The summed E-state index contributed by atoms with van der Waals surface area (Å²) in [5.74, 6) is 0. The van der Waals surface area contributed by atoms with Gasteiger partial charge in [-0.3, -0.25) is 0 Å². The zero-order valence-electron chi connectivity index (χ0n) is 12.2. The van der Waals surface area contributed by atoms with Crippen LogP contribution in [0.5, 0.6) is 0 Å². The van der Waals surface area contributed by atoms with Gasteiger partial charge in [0.05, 0.1) is 0 Å². The molecule has 0 radical (unpaired) electrons. The highest BCUT2D eigenvalue weighted by molar-refractivity contribution is 4.87. The molecule has 17 heavy (non-hydrogen) atoms. The number of likely N-dealkylation sites (N-methyl/N-ethyl adjacent to an activating group) is 2. The van der Waals surface area contributed by atoms with Crippen molar-refractivity contribution in [3.05, 3.63) is 0 Å². The van der Waals surface area contributed by atoms with Gasteiger partial charge in [-0.15, -0.1) is 0 Å². The molecule has 0 heterocycles. The molecule has 1 aliphatic carbocycles. The van der Waals surface area contributed by atoms with Crippen molar-refractivity contribution in [3.8, 4) is 0 Å². The van der Waals surface area contributed by atoms with Gasteiger partial charge in [0.15, 0.2) is 0 Å². The van der Waals surface area contributed by atoms with Gasteiger partial charge >= 0.3 is 0 Å². The average molecular weight is 241 g/mol. The van der Waals surface area contributed by atoms with Crippen molar-refractivity contribution in [1.29, 1.82) is 0 Å². The highest BCUT2D eigenvalue weighted by Gasteiger charge is 2.27. The van der Waals surface area contributed by atoms with Gasteiger partial charge in [0.1, 0.15) is 0 Å². The molecule has 0 saturated heterocycles. The maximum Gasteiger partial charge on any atom is 0.0246 e. The minimum atomic E-state index is 0.718. The number of rotatable bonds is 7. The Morgan fingerprint density at radius 3 is 2.41 bits per heavy atom. The minimum Gasteiger partial charge on any atom is -0.312 e. The lowest BCUT2D eigenvalue weighted by atomic mass is 9.89. The monoisotopic (exact) mass is 241 g/mol. The fourth-order valence-corrected chi connectivity index (χ4v) is 2.73. The molecule has 0 aromatic carbocycles. The summed E-state index contributed by atoms with van der Waals surface area (Å²) in [6, 6.07) is 1.46. The molecule has 3 heteroatoms. The summed E-state index contributed by atoms with van der Waals surface area (Å²) in [6.45, 7) is 5.76. The maximum atomic E-state index is 3.73. The van der Waals surface area contributed by atoms with Crippen molar-refractivity contribution >= 4 is 0 Å². The second-order valence-electron chi connectivity index (χ2n) is 5.70. The van der Waals surface area contributed by atoms with E-state index >= 15 is 0 Å². The normalized spacial score (nSPS) is 25.8. The lowest BCUT2D eigenvalue weighted by Crippen LogP contribution is -2.51. The van der Waals surface area contributed by atoms with E-state index < -0.39 is 0 Å². The molecular weight excluding hydrogens is 210 g/mol. The second-order valence-corrected chi connectivity index (χ2v) is 5.70. The first-order valence-corrected chi connectivity index (χ1v) is 7.23. The Morgan fingerprint density at radius 1 is 1.06 bits per heavy atom. The van der Waals surface area contributed by atoms with E-state index in [4.69, 9.17) is 0 Å². The van der Waals surface area contributed by atoms with E-state index in [0.717, 1.165) is 18.6 Å². The third-order valence-electron chi connectivity index (χ3n) is 3.85. The van der Waals surface area contributed by atoms with Gasteiger partial charge in [0, 0.05) is 25.2 Å². The van der Waals surface area contributed by atoms with Gasteiger partial charge in [0.2, 0.25) is 0 Å². The number of nitrogens with zero attached hydrogens (tertiary/aromatic N) is 2. The molecule has 0 aromatic heterocycles. The van der Waals surface area contributed by atoms with Gasteiger partial charge in [-0.05, 0) is 47.0 Å². The number of hydrogen-bond acceptors (Lipinski definition) is 3. The number of nitrogens with one attached hydrogen (secondary N) is 1. The van der Waals surface area contributed by atoms with Crippen molar-refractivity contribution < 1.29 is 0 Å². The molecule has 1 aliphatic rings. The van der Waals surface area contributed by atoms with Crippen molar-refractivity contribution in [2.75, 3.05) is 40.8 Å². The summed E-state index contributed by atoms with van der Waals surface area (Å²) < 4.78 is 0. The molecule has 2 atom stereocenters. The van der Waals surface area contributed by atoms with E-state index in [1.54, 1.807) is 0 Å². The minimum absolute atomic E-state index is 0.718. The molecule has 102 valence electrons. The Hall–Kier alpha value is -0.120. The van der Waals surface area contributed by atoms with Crippen molar-refractivity contribution in [2.45, 2.75) is 51.1 Å². The van der Waals surface area contributed by atoms with E-state index in [1.165, 1.54) is 45.2 Å². The topological polar surface area (TPSA) is 18.5 Å². The van der Waals surface area contributed by atoms with Crippen molar-refractivity contribution in [1.82, 2.24) is 15.1 Å². The predicted octanol–water partition coefficient (Wildman–Crippen LogP) is 1.79. The summed E-state index contributed by atoms with van der Waals surface area (Å²) in [5.41, 5.74) is 0. The third-order valence-corrected chi connectivity index (χ3v) is 3.85. The molecule has 2 unspecified atom stereocenters. The molecule has 3 nitrogen and oxygen atoms in total. The Labute approximate surface area is 108 Å². The second kappa shape index (κ2) is 8.06. The zero-order valence-corrected chi connectivity index (χ0v) is 12.2. The highest BCUT2D eigenvalue weighted by Crippen LogP contribution is 2.22. The zero-order chi connectivity index (χ0) is 12.7. The molecule has 1 N–H and O–H groups in total. The summed E-state index contributed by atoms with van der Waals surface area (Å²) in [7, 11) is 6.60. The molecule has 1 saturated carbocycles. The molecule has 1 fully saturated rings. The van der Waals surface area contributed by atoms with Crippen LogP contribution in [-0.2, 0) is 0 Å². The molecule has 0 aromatic rings. The molecule has 1 rings (SSSR count). The van der Waals surface area contributed by atoms with E-state index in [1.807, 2.05) is 0 Å². The van der Waals surface area contributed by atoms with Crippen LogP contribution in [0.3, 0.4) is 0 Å². The van der Waals surface area contributed by atoms with E-state index in [0.29, 0.717) is 0 Å². The summed E-state index contributed by atoms with van der Waals surface area (Å²) in [4.78, 5) is 4.83. The standard InChI is InChI=1S/C14H31N3/c1-5-10-15-13-8-6-7-9-14(13)17(4)12-11-16(2)3/h13-15H,5-12H2,1-4H3. The lowest BCUT2D eigenvalue weighted by Gasteiger charge is -2.39. The van der Waals surface area contributed by atoms with Crippen LogP contribution in [0.2, 0.25) is 0 Å². The lowest BCUT2D eigenvalue weighted by molar-refractivity contribution is 0.140. The van der Waals surface area contributed by atoms with Crippen LogP contribution in [0.4, 0.5) is 0 Å². The largest absolute Gasteiger partial charge is 0.312 e. The first-order chi connectivity index (χ1) is 8.15. The smallest absolute Gasteiger partial charge is 0.0246 e. The van der Waals surface area contributed by atoms with Crippen LogP contribution in [-0.4, -0.2) is 62.7 Å². The van der Waals surface area contributed by atoms with E-state index in [9.17, 15) is 0 Å². The first kappa shape index (κ1) is 14.9. The Balaban J connectivity index is 2.39. The van der Waals surface area contributed by atoms with Crippen LogP contribution >= 0.6 is 0 Å². The maximum absolute atomic E-state index is 3.73. The summed E-state index contributed by atoms with van der Waals surface area (Å²) in [6.07, 6.45) is 6.77. The summed E-state index contributed by atoms with van der Waals surface area (Å²) in [5, 5.41) is 3.73. The molecular formula is C14H31N3. The Bertz CT molecular complexity index is 194. The van der Waals surface area contributed by atoms with Crippen LogP contribution < -0.4 is 5.32 Å². The van der Waals surface area contributed by atoms with Gasteiger partial charge < -0.3 is 15.1 Å². The highest BCUT2D eigenvalue weighted by atomic mass is 15.2. The first-order valence-electron chi connectivity index (χ1n) is 7.23. The molecule has 0 spiro atoms. The fourth-order valence-electron chi connectivity index (χ4n) is 2.73. The Kier molecular flexibility index (Phi) is 7.09. The Morgan fingerprint density at radius 2 is 1.76 bits per heavy atom.